The fourth-order valence-corrected chi connectivity index (χ4v) is 1.79. The summed E-state index contributed by atoms with van der Waals surface area (Å²) in [5.41, 5.74) is 0.907. The minimum Gasteiger partial charge on any atom is -0.487 e. The van der Waals surface area contributed by atoms with Gasteiger partial charge in [0.15, 0.2) is 5.75 Å². The maximum Gasteiger partial charge on any atom is 0.414 e. The maximum absolute atomic E-state index is 10.9. The first-order valence-electron chi connectivity index (χ1n) is 8.26. The Kier molecular flexibility index (Phi) is 11.3. The molecule has 0 aromatic heterocycles. The molecule has 1 aromatic carbocycles. The summed E-state index contributed by atoms with van der Waals surface area (Å²) in [5, 5.41) is 29.1. The molecule has 0 spiro atoms. The lowest BCUT2D eigenvalue weighted by atomic mass is 10.2. The van der Waals surface area contributed by atoms with E-state index < -0.39 is 16.9 Å². The Labute approximate surface area is 152 Å². The van der Waals surface area contributed by atoms with Gasteiger partial charge >= 0.3 is 17.6 Å². The summed E-state index contributed by atoms with van der Waals surface area (Å²) in [6, 6.07) is 5.58. The summed E-state index contributed by atoms with van der Waals surface area (Å²) >= 11 is 0. The number of hydrogen-bond donors (Lipinski definition) is 3. The number of aryl methyl sites for hydroxylation is 1. The monoisotopic (exact) mass is 370 g/mol. The summed E-state index contributed by atoms with van der Waals surface area (Å²) < 4.78 is 5.52. The van der Waals surface area contributed by atoms with Gasteiger partial charge in [-0.3, -0.25) is 10.1 Å². The van der Waals surface area contributed by atoms with Crippen molar-refractivity contribution in [2.75, 3.05) is 13.2 Å². The van der Waals surface area contributed by atoms with Crippen LogP contribution in [0.25, 0.3) is 0 Å². The Balaban J connectivity index is 0.000000896. The molecule has 3 N–H and O–H groups in total. The number of unbranched alkanes of at least 4 members (excludes halogenated alkanes) is 1. The molecule has 9 nitrogen and oxygen atoms in total. The van der Waals surface area contributed by atoms with Gasteiger partial charge in [-0.15, -0.1) is 0 Å². The molecule has 1 atom stereocenters. The van der Waals surface area contributed by atoms with Gasteiger partial charge in [-0.2, -0.15) is 0 Å². The molecule has 0 fully saturated rings. The summed E-state index contributed by atoms with van der Waals surface area (Å²) in [7, 11) is 0. The van der Waals surface area contributed by atoms with Crippen LogP contribution in [0.4, 0.5) is 5.69 Å². The number of hydrogen-bond acceptors (Lipinski definition) is 6. The van der Waals surface area contributed by atoms with E-state index in [1.807, 2.05) is 13.0 Å². The zero-order chi connectivity index (χ0) is 20.1. The van der Waals surface area contributed by atoms with Crippen molar-refractivity contribution in [2.45, 2.75) is 46.1 Å². The predicted octanol–water partition coefficient (Wildman–Crippen LogP) is 2.61. The minimum absolute atomic E-state index is 0.0442. The second kappa shape index (κ2) is 12.6. The van der Waals surface area contributed by atoms with E-state index in [1.54, 1.807) is 12.1 Å². The van der Waals surface area contributed by atoms with Crippen molar-refractivity contribution in [2.24, 2.45) is 0 Å². The molecular weight excluding hydrogens is 344 g/mol. The SMILES string of the molecule is CCC(C)NCCCCOc1ccc(C)cc1[N+](=O)[O-].O=C(O)C(=O)O. The molecule has 0 aliphatic heterocycles. The highest BCUT2D eigenvalue weighted by Crippen LogP contribution is 2.27. The first-order chi connectivity index (χ1) is 12.2. The molecule has 0 heterocycles. The van der Waals surface area contributed by atoms with Gasteiger partial charge < -0.3 is 20.3 Å². The molecular formula is C17H26N2O7. The molecule has 0 saturated carbocycles. The van der Waals surface area contributed by atoms with Crippen LogP contribution < -0.4 is 10.1 Å². The lowest BCUT2D eigenvalue weighted by Gasteiger charge is -2.11. The number of nitrogens with zero attached hydrogens (tertiary/aromatic N) is 1. The molecule has 0 saturated heterocycles. The maximum atomic E-state index is 10.9. The number of ether oxygens (including phenoxy) is 1. The average Bonchev–Trinajstić information content (AvgIpc) is 2.58. The molecule has 1 aromatic rings. The number of carbonyl (C=O) groups is 2. The second-order valence-electron chi connectivity index (χ2n) is 5.66. The van der Waals surface area contributed by atoms with Crippen molar-refractivity contribution in [1.29, 1.82) is 0 Å². The third-order valence-corrected chi connectivity index (χ3v) is 3.43. The van der Waals surface area contributed by atoms with Crippen LogP contribution in [0.2, 0.25) is 0 Å². The minimum atomic E-state index is -1.82. The van der Waals surface area contributed by atoms with Gasteiger partial charge in [0, 0.05) is 12.1 Å². The Hall–Kier alpha value is -2.68. The van der Waals surface area contributed by atoms with Crippen molar-refractivity contribution in [3.8, 4) is 5.75 Å². The number of nitro groups is 1. The van der Waals surface area contributed by atoms with Crippen molar-refractivity contribution < 1.29 is 29.5 Å². The second-order valence-corrected chi connectivity index (χ2v) is 5.66. The topological polar surface area (TPSA) is 139 Å². The number of rotatable bonds is 9. The van der Waals surface area contributed by atoms with E-state index in [4.69, 9.17) is 24.5 Å². The van der Waals surface area contributed by atoms with Gasteiger partial charge in [0.25, 0.3) is 0 Å². The molecule has 1 unspecified atom stereocenters. The third kappa shape index (κ3) is 10.2. The van der Waals surface area contributed by atoms with Crippen LogP contribution in [0.3, 0.4) is 0 Å². The predicted molar refractivity (Wildman–Crippen MR) is 95.6 cm³/mol. The first-order valence-corrected chi connectivity index (χ1v) is 8.26. The summed E-state index contributed by atoms with van der Waals surface area (Å²) in [6.07, 6.45) is 3.00. The van der Waals surface area contributed by atoms with E-state index in [9.17, 15) is 10.1 Å². The highest BCUT2D eigenvalue weighted by atomic mass is 16.6. The van der Waals surface area contributed by atoms with Crippen LogP contribution in [0.5, 0.6) is 5.75 Å². The quantitative estimate of drug-likeness (QED) is 0.261. The van der Waals surface area contributed by atoms with Gasteiger partial charge in [-0.05, 0) is 51.3 Å². The van der Waals surface area contributed by atoms with Gasteiger partial charge in [-0.1, -0.05) is 13.0 Å². The summed E-state index contributed by atoms with van der Waals surface area (Å²) in [6.45, 7) is 7.60. The highest BCUT2D eigenvalue weighted by Gasteiger charge is 2.14. The van der Waals surface area contributed by atoms with E-state index in [1.165, 1.54) is 0 Å². The lowest BCUT2D eigenvalue weighted by Crippen LogP contribution is -2.26. The van der Waals surface area contributed by atoms with Gasteiger partial charge in [0.2, 0.25) is 0 Å². The molecule has 1 rings (SSSR count). The number of nitrogens with one attached hydrogen (secondary N) is 1. The summed E-state index contributed by atoms with van der Waals surface area (Å²) in [5.74, 6) is -3.29. The smallest absolute Gasteiger partial charge is 0.414 e. The van der Waals surface area contributed by atoms with Crippen LogP contribution in [-0.4, -0.2) is 46.3 Å². The Morgan fingerprint density at radius 3 is 2.38 bits per heavy atom. The molecule has 146 valence electrons. The normalized spacial score (nSPS) is 11.0. The molecule has 0 aliphatic carbocycles. The van der Waals surface area contributed by atoms with Gasteiger partial charge in [0.1, 0.15) is 0 Å². The molecule has 0 aliphatic rings. The van der Waals surface area contributed by atoms with Crippen molar-refractivity contribution >= 4 is 17.6 Å². The number of carboxylic acid groups (broad SMARTS) is 2. The van der Waals surface area contributed by atoms with E-state index >= 15 is 0 Å². The highest BCUT2D eigenvalue weighted by molar-refractivity contribution is 6.27. The lowest BCUT2D eigenvalue weighted by molar-refractivity contribution is -0.385. The molecule has 9 heteroatoms. The van der Waals surface area contributed by atoms with Crippen molar-refractivity contribution in [3.63, 3.8) is 0 Å². The Bertz CT molecular complexity index is 593. The first kappa shape index (κ1) is 23.3. The van der Waals surface area contributed by atoms with Crippen LogP contribution in [0.15, 0.2) is 18.2 Å². The van der Waals surface area contributed by atoms with Crippen molar-refractivity contribution in [3.05, 3.63) is 33.9 Å². The van der Waals surface area contributed by atoms with E-state index in [0.29, 0.717) is 18.4 Å². The van der Waals surface area contributed by atoms with E-state index in [-0.39, 0.29) is 5.69 Å². The molecule has 0 amide bonds. The van der Waals surface area contributed by atoms with Gasteiger partial charge in [0.05, 0.1) is 11.5 Å². The fraction of sp³-hybridized carbons (Fsp3) is 0.529. The van der Waals surface area contributed by atoms with E-state index in [0.717, 1.165) is 31.4 Å². The largest absolute Gasteiger partial charge is 0.487 e. The zero-order valence-corrected chi connectivity index (χ0v) is 15.2. The summed E-state index contributed by atoms with van der Waals surface area (Å²) in [4.78, 5) is 28.7. The molecule has 26 heavy (non-hydrogen) atoms. The standard InChI is InChI=1S/C15H24N2O3.C2H2O4/c1-4-13(3)16-9-5-6-10-20-15-8-7-12(2)11-14(15)17(18)19;3-1(4)2(5)6/h7-8,11,13,16H,4-6,9-10H2,1-3H3;(H,3,4)(H,5,6). The Morgan fingerprint density at radius 1 is 1.27 bits per heavy atom. The third-order valence-electron chi connectivity index (χ3n) is 3.43. The number of nitro benzene ring substituents is 1. The molecule has 0 bridgehead atoms. The number of benzene rings is 1. The number of carboxylic acids is 2. The van der Waals surface area contributed by atoms with Crippen LogP contribution in [0.1, 0.15) is 38.7 Å². The van der Waals surface area contributed by atoms with Crippen LogP contribution in [-0.2, 0) is 9.59 Å². The zero-order valence-electron chi connectivity index (χ0n) is 15.2. The average molecular weight is 370 g/mol. The van der Waals surface area contributed by atoms with Crippen molar-refractivity contribution in [1.82, 2.24) is 5.32 Å². The van der Waals surface area contributed by atoms with Crippen LogP contribution in [0, 0.1) is 17.0 Å². The Morgan fingerprint density at radius 2 is 1.88 bits per heavy atom. The number of aliphatic carboxylic acids is 2. The molecule has 0 radical (unpaired) electrons. The fourth-order valence-electron chi connectivity index (χ4n) is 1.79. The van der Waals surface area contributed by atoms with Crippen LogP contribution >= 0.6 is 0 Å². The van der Waals surface area contributed by atoms with Gasteiger partial charge in [-0.25, -0.2) is 9.59 Å². The van der Waals surface area contributed by atoms with E-state index in [2.05, 4.69) is 19.2 Å².